The standard InChI is InChI=1S/C21H26ClFN2O2/c1-2-3-4-5-6-12-27-18-9-7-8-16(13-18)24-15-21(26)25-17-10-11-20(23)19(22)14-17/h7-11,13-14,24H,2-6,12,15H2,1H3,(H,25,26). The summed E-state index contributed by atoms with van der Waals surface area (Å²) in [7, 11) is 0. The van der Waals surface area contributed by atoms with Gasteiger partial charge >= 0.3 is 0 Å². The Morgan fingerprint density at radius 2 is 1.89 bits per heavy atom. The summed E-state index contributed by atoms with van der Waals surface area (Å²) in [6.45, 7) is 2.97. The molecule has 0 spiro atoms. The van der Waals surface area contributed by atoms with E-state index < -0.39 is 5.82 Å². The topological polar surface area (TPSA) is 50.4 Å². The molecule has 0 aliphatic carbocycles. The molecule has 0 aromatic heterocycles. The molecule has 4 nitrogen and oxygen atoms in total. The van der Waals surface area contributed by atoms with E-state index in [0.29, 0.717) is 12.3 Å². The molecule has 27 heavy (non-hydrogen) atoms. The number of halogens is 2. The number of nitrogens with one attached hydrogen (secondary N) is 2. The minimum absolute atomic E-state index is 0.0275. The molecule has 2 rings (SSSR count). The number of amides is 1. The number of unbranched alkanes of at least 4 members (excludes halogenated alkanes) is 4. The molecule has 0 atom stereocenters. The van der Waals surface area contributed by atoms with Crippen LogP contribution < -0.4 is 15.4 Å². The van der Waals surface area contributed by atoms with E-state index in [0.717, 1.165) is 17.9 Å². The number of hydrogen-bond donors (Lipinski definition) is 2. The predicted octanol–water partition coefficient (Wildman–Crippen LogP) is 5.88. The van der Waals surface area contributed by atoms with Gasteiger partial charge in [0.05, 0.1) is 18.2 Å². The van der Waals surface area contributed by atoms with E-state index in [1.165, 1.54) is 43.9 Å². The summed E-state index contributed by atoms with van der Waals surface area (Å²) >= 11 is 5.71. The number of hydrogen-bond acceptors (Lipinski definition) is 3. The maximum atomic E-state index is 13.1. The SMILES string of the molecule is CCCCCCCOc1cccc(NCC(=O)Nc2ccc(F)c(Cl)c2)c1. The average Bonchev–Trinajstić information content (AvgIpc) is 2.66. The van der Waals surface area contributed by atoms with E-state index in [9.17, 15) is 9.18 Å². The highest BCUT2D eigenvalue weighted by molar-refractivity contribution is 6.31. The first kappa shape index (κ1) is 21.0. The van der Waals surface area contributed by atoms with Crippen LogP contribution in [0, 0.1) is 5.82 Å². The fraction of sp³-hybridized carbons (Fsp3) is 0.381. The molecule has 0 aliphatic heterocycles. The fourth-order valence-corrected chi connectivity index (χ4v) is 2.73. The van der Waals surface area contributed by atoms with Crippen molar-refractivity contribution in [2.24, 2.45) is 0 Å². The normalized spacial score (nSPS) is 10.5. The van der Waals surface area contributed by atoms with Crippen LogP contribution in [0.2, 0.25) is 5.02 Å². The second-order valence-corrected chi connectivity index (χ2v) is 6.73. The summed E-state index contributed by atoms with van der Waals surface area (Å²) in [5.74, 6) is 0.0103. The van der Waals surface area contributed by atoms with E-state index >= 15 is 0 Å². The Morgan fingerprint density at radius 1 is 1.07 bits per heavy atom. The molecule has 6 heteroatoms. The number of rotatable bonds is 11. The summed E-state index contributed by atoms with van der Waals surface area (Å²) in [5.41, 5.74) is 1.25. The van der Waals surface area contributed by atoms with E-state index in [4.69, 9.17) is 16.3 Å². The second-order valence-electron chi connectivity index (χ2n) is 6.32. The Labute approximate surface area is 165 Å². The number of carbonyl (C=O) groups is 1. The Balaban J connectivity index is 1.74. The lowest BCUT2D eigenvalue weighted by atomic mass is 10.2. The van der Waals surface area contributed by atoms with Crippen LogP contribution in [-0.4, -0.2) is 19.1 Å². The molecule has 0 radical (unpaired) electrons. The molecule has 0 heterocycles. The molecule has 0 saturated heterocycles. The summed E-state index contributed by atoms with van der Waals surface area (Å²) in [6, 6.07) is 11.6. The van der Waals surface area contributed by atoms with Crippen LogP contribution in [0.1, 0.15) is 39.0 Å². The maximum absolute atomic E-state index is 13.1. The van der Waals surface area contributed by atoms with Gasteiger partial charge in [0, 0.05) is 17.4 Å². The molecule has 0 fully saturated rings. The minimum atomic E-state index is -0.519. The Kier molecular flexibility index (Phi) is 8.92. The molecule has 0 saturated carbocycles. The van der Waals surface area contributed by atoms with Gasteiger partial charge in [0.1, 0.15) is 11.6 Å². The van der Waals surface area contributed by atoms with Crippen LogP contribution in [0.4, 0.5) is 15.8 Å². The molecular formula is C21H26ClFN2O2. The highest BCUT2D eigenvalue weighted by Gasteiger charge is 2.06. The van der Waals surface area contributed by atoms with Crippen molar-refractivity contribution in [1.29, 1.82) is 0 Å². The van der Waals surface area contributed by atoms with Crippen LogP contribution in [0.5, 0.6) is 5.75 Å². The van der Waals surface area contributed by atoms with Gasteiger partial charge in [-0.2, -0.15) is 0 Å². The Hall–Kier alpha value is -2.27. The highest BCUT2D eigenvalue weighted by atomic mass is 35.5. The van der Waals surface area contributed by atoms with Crippen molar-refractivity contribution in [3.8, 4) is 5.75 Å². The van der Waals surface area contributed by atoms with Crippen molar-refractivity contribution in [3.05, 3.63) is 53.3 Å². The van der Waals surface area contributed by atoms with Crippen molar-refractivity contribution >= 4 is 28.9 Å². The smallest absolute Gasteiger partial charge is 0.243 e. The van der Waals surface area contributed by atoms with Crippen LogP contribution in [0.25, 0.3) is 0 Å². The van der Waals surface area contributed by atoms with E-state index in [2.05, 4.69) is 17.6 Å². The van der Waals surface area contributed by atoms with Gasteiger partial charge in [0.25, 0.3) is 0 Å². The summed E-state index contributed by atoms with van der Waals surface area (Å²) in [4.78, 5) is 12.0. The zero-order chi connectivity index (χ0) is 19.5. The average molecular weight is 393 g/mol. The molecule has 0 aliphatic rings. The van der Waals surface area contributed by atoms with Crippen LogP contribution >= 0.6 is 11.6 Å². The predicted molar refractivity (Wildman–Crippen MR) is 109 cm³/mol. The Morgan fingerprint density at radius 3 is 2.67 bits per heavy atom. The lowest BCUT2D eigenvalue weighted by Gasteiger charge is -2.10. The van der Waals surface area contributed by atoms with Crippen LogP contribution in [0.3, 0.4) is 0 Å². The molecule has 1 amide bonds. The molecule has 146 valence electrons. The Bertz CT molecular complexity index is 740. The van der Waals surface area contributed by atoms with E-state index in [1.54, 1.807) is 0 Å². The van der Waals surface area contributed by atoms with Gasteiger partial charge in [-0.15, -0.1) is 0 Å². The molecule has 0 unspecified atom stereocenters. The number of benzene rings is 2. The van der Waals surface area contributed by atoms with Crippen molar-refractivity contribution in [2.75, 3.05) is 23.8 Å². The monoisotopic (exact) mass is 392 g/mol. The lowest BCUT2D eigenvalue weighted by molar-refractivity contribution is -0.114. The third-order valence-corrected chi connectivity index (χ3v) is 4.30. The number of anilines is 2. The van der Waals surface area contributed by atoms with Crippen molar-refractivity contribution < 1.29 is 13.9 Å². The number of ether oxygens (including phenoxy) is 1. The molecule has 2 N–H and O–H groups in total. The maximum Gasteiger partial charge on any atom is 0.243 e. The minimum Gasteiger partial charge on any atom is -0.494 e. The van der Waals surface area contributed by atoms with Gasteiger partial charge in [0.2, 0.25) is 5.91 Å². The van der Waals surface area contributed by atoms with Crippen LogP contribution in [0.15, 0.2) is 42.5 Å². The first-order chi connectivity index (χ1) is 13.1. The van der Waals surface area contributed by atoms with E-state index in [1.807, 2.05) is 24.3 Å². The second kappa shape index (κ2) is 11.4. The third-order valence-electron chi connectivity index (χ3n) is 4.01. The molecule has 2 aromatic rings. The van der Waals surface area contributed by atoms with E-state index in [-0.39, 0.29) is 17.5 Å². The zero-order valence-electron chi connectivity index (χ0n) is 15.6. The van der Waals surface area contributed by atoms with Gasteiger partial charge in [0.15, 0.2) is 0 Å². The first-order valence-electron chi connectivity index (χ1n) is 9.30. The number of carbonyl (C=O) groups excluding carboxylic acids is 1. The van der Waals surface area contributed by atoms with Gasteiger partial charge in [-0.1, -0.05) is 50.3 Å². The highest BCUT2D eigenvalue weighted by Crippen LogP contribution is 2.20. The largest absolute Gasteiger partial charge is 0.494 e. The quantitative estimate of drug-likeness (QED) is 0.469. The first-order valence-corrected chi connectivity index (χ1v) is 9.68. The summed E-state index contributed by atoms with van der Waals surface area (Å²) < 4.78 is 18.9. The fourth-order valence-electron chi connectivity index (χ4n) is 2.55. The third kappa shape index (κ3) is 7.87. The van der Waals surface area contributed by atoms with Crippen LogP contribution in [-0.2, 0) is 4.79 Å². The van der Waals surface area contributed by atoms with Crippen molar-refractivity contribution in [2.45, 2.75) is 39.0 Å². The molecular weight excluding hydrogens is 367 g/mol. The van der Waals surface area contributed by atoms with Crippen molar-refractivity contribution in [3.63, 3.8) is 0 Å². The molecule has 2 aromatic carbocycles. The lowest BCUT2D eigenvalue weighted by Crippen LogP contribution is -2.21. The van der Waals surface area contributed by atoms with Gasteiger partial charge in [-0.05, 0) is 36.8 Å². The van der Waals surface area contributed by atoms with Gasteiger partial charge in [-0.3, -0.25) is 4.79 Å². The van der Waals surface area contributed by atoms with Gasteiger partial charge in [-0.25, -0.2) is 4.39 Å². The summed E-state index contributed by atoms with van der Waals surface area (Å²) in [5, 5.41) is 5.69. The van der Waals surface area contributed by atoms with Gasteiger partial charge < -0.3 is 15.4 Å². The molecule has 0 bridgehead atoms. The van der Waals surface area contributed by atoms with Crippen molar-refractivity contribution in [1.82, 2.24) is 0 Å². The summed E-state index contributed by atoms with van der Waals surface area (Å²) in [6.07, 6.45) is 5.97. The zero-order valence-corrected chi connectivity index (χ0v) is 16.3.